The van der Waals surface area contributed by atoms with Gasteiger partial charge in [-0.15, -0.1) is 0 Å². The molecule has 1 aromatic carbocycles. The van der Waals surface area contributed by atoms with Crippen molar-refractivity contribution < 1.29 is 18.1 Å². The molecule has 1 rings (SSSR count). The molecule has 0 bridgehead atoms. The lowest BCUT2D eigenvalue weighted by molar-refractivity contribution is 0.454. The van der Waals surface area contributed by atoms with Crippen molar-refractivity contribution in [1.82, 2.24) is 4.72 Å². The highest BCUT2D eigenvalue weighted by molar-refractivity contribution is 9.10. The summed E-state index contributed by atoms with van der Waals surface area (Å²) in [6.45, 7) is 5.84. The zero-order chi connectivity index (χ0) is 14.1. The number of hydrogen-bond acceptors (Lipinski definition) is 3. The van der Waals surface area contributed by atoms with Crippen LogP contribution in [-0.4, -0.2) is 18.1 Å². The molecule has 0 aromatic heterocycles. The summed E-state index contributed by atoms with van der Waals surface area (Å²) < 4.78 is 32.3. The van der Waals surface area contributed by atoms with Crippen molar-refractivity contribution in [1.29, 1.82) is 0 Å². The molecule has 0 spiro atoms. The first-order chi connectivity index (χ1) is 8.00. The van der Waals surface area contributed by atoms with Crippen LogP contribution in [-0.2, 0) is 22.3 Å². The van der Waals surface area contributed by atoms with Crippen LogP contribution in [0.3, 0.4) is 0 Å². The summed E-state index contributed by atoms with van der Waals surface area (Å²) in [6, 6.07) is 3.49. The normalized spacial score (nSPS) is 12.7. The van der Waals surface area contributed by atoms with E-state index in [0.29, 0.717) is 10.0 Å². The molecule has 0 amide bonds. The molecule has 0 aliphatic heterocycles. The van der Waals surface area contributed by atoms with E-state index >= 15 is 0 Å². The van der Waals surface area contributed by atoms with Crippen LogP contribution < -0.4 is 4.72 Å². The molecule has 0 saturated carbocycles. The Kier molecular flexibility index (Phi) is 4.42. The molecule has 5 nitrogen and oxygen atoms in total. The van der Waals surface area contributed by atoms with E-state index in [2.05, 4.69) is 15.9 Å². The van der Waals surface area contributed by atoms with Crippen LogP contribution in [0.25, 0.3) is 0 Å². The second-order valence-corrected chi connectivity index (χ2v) is 7.11. The van der Waals surface area contributed by atoms with Crippen molar-refractivity contribution in [2.75, 3.05) is 0 Å². The summed E-state index contributed by atoms with van der Waals surface area (Å²) in [4.78, 5) is 0. The average Bonchev–Trinajstić information content (AvgIpc) is 2.17. The number of benzene rings is 1. The number of nitrogens with one attached hydrogen (secondary N) is 1. The van der Waals surface area contributed by atoms with Crippen LogP contribution in [0.1, 0.15) is 31.9 Å². The van der Waals surface area contributed by atoms with E-state index in [1.165, 1.54) is 0 Å². The Hall–Kier alpha value is -0.630. The van der Waals surface area contributed by atoms with Crippen molar-refractivity contribution in [2.24, 2.45) is 0 Å². The third-order valence-electron chi connectivity index (χ3n) is 2.45. The first kappa shape index (κ1) is 15.4. The molecule has 0 radical (unpaired) electrons. The highest BCUT2D eigenvalue weighted by Crippen LogP contribution is 2.34. The first-order valence-corrected chi connectivity index (χ1v) is 7.48. The van der Waals surface area contributed by atoms with Gasteiger partial charge in [0.2, 0.25) is 0 Å². The molecule has 0 saturated heterocycles. The quantitative estimate of drug-likeness (QED) is 0.739. The monoisotopic (exact) mass is 337 g/mol. The predicted molar refractivity (Wildman–Crippen MR) is 72.9 cm³/mol. The maximum Gasteiger partial charge on any atom is 0.333 e. The van der Waals surface area contributed by atoms with E-state index in [1.54, 1.807) is 12.1 Å². The number of phenolic OH excluding ortho intramolecular Hbond substituents is 1. The topological polar surface area (TPSA) is 86.6 Å². The Labute approximate surface area is 115 Å². The smallest absolute Gasteiger partial charge is 0.333 e. The van der Waals surface area contributed by atoms with Gasteiger partial charge in [0.15, 0.2) is 0 Å². The Morgan fingerprint density at radius 3 is 2.33 bits per heavy atom. The summed E-state index contributed by atoms with van der Waals surface area (Å²) in [5, 5.41) is 9.82. The van der Waals surface area contributed by atoms with E-state index in [9.17, 15) is 13.5 Å². The van der Waals surface area contributed by atoms with Crippen molar-refractivity contribution >= 4 is 26.2 Å². The summed E-state index contributed by atoms with van der Waals surface area (Å²) in [7, 11) is -4.28. The maximum atomic E-state index is 10.6. The van der Waals surface area contributed by atoms with Crippen LogP contribution in [0.2, 0.25) is 0 Å². The van der Waals surface area contributed by atoms with Crippen LogP contribution >= 0.6 is 15.9 Å². The SMILES string of the molecule is CC(C)(C)c1cc(Br)c(O)c(CNS(=O)(=O)O)c1. The fourth-order valence-corrected chi connectivity index (χ4v) is 2.23. The number of phenols is 1. The molecule has 0 aliphatic carbocycles. The third-order valence-corrected chi connectivity index (χ3v) is 3.57. The van der Waals surface area contributed by atoms with Gasteiger partial charge < -0.3 is 5.11 Å². The van der Waals surface area contributed by atoms with Crippen molar-refractivity contribution in [2.45, 2.75) is 32.7 Å². The van der Waals surface area contributed by atoms with Gasteiger partial charge in [0.1, 0.15) is 5.75 Å². The fourth-order valence-electron chi connectivity index (χ4n) is 1.39. The Balaban J connectivity index is 3.15. The molecule has 0 aliphatic rings. The molecule has 0 fully saturated rings. The van der Waals surface area contributed by atoms with E-state index in [1.807, 2.05) is 25.5 Å². The molecule has 1 aromatic rings. The van der Waals surface area contributed by atoms with Crippen molar-refractivity contribution in [3.63, 3.8) is 0 Å². The molecule has 102 valence electrons. The van der Waals surface area contributed by atoms with Gasteiger partial charge in [-0.05, 0) is 33.0 Å². The largest absolute Gasteiger partial charge is 0.506 e. The summed E-state index contributed by atoms with van der Waals surface area (Å²) in [5.41, 5.74) is 1.20. The minimum absolute atomic E-state index is 0.0425. The zero-order valence-corrected chi connectivity index (χ0v) is 12.8. The van der Waals surface area contributed by atoms with Gasteiger partial charge in [-0.3, -0.25) is 4.55 Å². The minimum Gasteiger partial charge on any atom is -0.506 e. The van der Waals surface area contributed by atoms with Crippen molar-refractivity contribution in [3.8, 4) is 5.75 Å². The van der Waals surface area contributed by atoms with Gasteiger partial charge in [0, 0.05) is 12.1 Å². The van der Waals surface area contributed by atoms with E-state index in [0.717, 1.165) is 5.56 Å². The highest BCUT2D eigenvalue weighted by atomic mass is 79.9. The summed E-state index contributed by atoms with van der Waals surface area (Å²) in [5.74, 6) is -0.0425. The Bertz CT molecular complexity index is 549. The Morgan fingerprint density at radius 2 is 1.89 bits per heavy atom. The number of aromatic hydroxyl groups is 1. The zero-order valence-electron chi connectivity index (χ0n) is 10.4. The predicted octanol–water partition coefficient (Wildman–Crippen LogP) is 2.34. The van der Waals surface area contributed by atoms with E-state index in [-0.39, 0.29) is 17.7 Å². The maximum absolute atomic E-state index is 10.6. The van der Waals surface area contributed by atoms with Crippen LogP contribution in [0.15, 0.2) is 16.6 Å². The van der Waals surface area contributed by atoms with Gasteiger partial charge in [-0.1, -0.05) is 26.8 Å². The van der Waals surface area contributed by atoms with Gasteiger partial charge in [-0.25, -0.2) is 0 Å². The van der Waals surface area contributed by atoms with Crippen molar-refractivity contribution in [3.05, 3.63) is 27.7 Å². The molecule has 0 atom stereocenters. The van der Waals surface area contributed by atoms with Gasteiger partial charge in [-0.2, -0.15) is 13.1 Å². The average molecular weight is 338 g/mol. The second kappa shape index (κ2) is 5.16. The molecule has 0 unspecified atom stereocenters. The number of halogens is 1. The Morgan fingerprint density at radius 1 is 1.33 bits per heavy atom. The lowest BCUT2D eigenvalue weighted by atomic mass is 9.86. The molecule has 7 heteroatoms. The van der Waals surface area contributed by atoms with Gasteiger partial charge >= 0.3 is 10.3 Å². The standard InChI is InChI=1S/C11H16BrNO4S/c1-11(2,3)8-4-7(6-13-18(15,16)17)10(14)9(12)5-8/h4-5,13-14H,6H2,1-3H3,(H,15,16,17). The van der Waals surface area contributed by atoms with Gasteiger partial charge in [0.05, 0.1) is 4.47 Å². The highest BCUT2D eigenvalue weighted by Gasteiger charge is 2.18. The molecule has 18 heavy (non-hydrogen) atoms. The lowest BCUT2D eigenvalue weighted by Crippen LogP contribution is -2.22. The summed E-state index contributed by atoms with van der Waals surface area (Å²) in [6.07, 6.45) is 0. The molecular weight excluding hydrogens is 322 g/mol. The third kappa shape index (κ3) is 4.24. The lowest BCUT2D eigenvalue weighted by Gasteiger charge is -2.21. The molecular formula is C11H16BrNO4S. The first-order valence-electron chi connectivity index (χ1n) is 5.24. The van der Waals surface area contributed by atoms with E-state index < -0.39 is 10.3 Å². The van der Waals surface area contributed by atoms with Crippen LogP contribution in [0, 0.1) is 0 Å². The van der Waals surface area contributed by atoms with Gasteiger partial charge in [0.25, 0.3) is 0 Å². The second-order valence-electron chi connectivity index (χ2n) is 5.01. The van der Waals surface area contributed by atoms with Crippen LogP contribution in [0.5, 0.6) is 5.75 Å². The van der Waals surface area contributed by atoms with Crippen LogP contribution in [0.4, 0.5) is 0 Å². The van der Waals surface area contributed by atoms with E-state index in [4.69, 9.17) is 4.55 Å². The summed E-state index contributed by atoms with van der Waals surface area (Å²) >= 11 is 3.22. The fraction of sp³-hybridized carbons (Fsp3) is 0.455. The number of hydrogen-bond donors (Lipinski definition) is 3. The molecule has 0 heterocycles. The number of rotatable bonds is 3. The minimum atomic E-state index is -4.28. The molecule has 3 N–H and O–H groups in total.